The summed E-state index contributed by atoms with van der Waals surface area (Å²) in [6.07, 6.45) is 0.724. The molecule has 0 atom stereocenters. The van der Waals surface area contributed by atoms with E-state index in [0.29, 0.717) is 38.2 Å². The number of nitrogens with zero attached hydrogens (tertiary/aromatic N) is 3. The van der Waals surface area contributed by atoms with Crippen molar-refractivity contribution >= 4 is 16.9 Å². The van der Waals surface area contributed by atoms with Crippen molar-refractivity contribution in [2.45, 2.75) is 24.9 Å². The molecule has 1 aliphatic rings. The Labute approximate surface area is 157 Å². The highest BCUT2D eigenvalue weighted by molar-refractivity contribution is 5.92. The van der Waals surface area contributed by atoms with E-state index in [2.05, 4.69) is 15.0 Å². The molecule has 4 rings (SSSR count). The number of carbonyl (C=O) groups excluding carboxylic acids is 1. The van der Waals surface area contributed by atoms with Crippen molar-refractivity contribution in [1.82, 2.24) is 19.9 Å². The first-order valence-corrected chi connectivity index (χ1v) is 8.78. The second-order valence-electron chi connectivity index (χ2n) is 6.76. The number of H-pyrrole nitrogens is 1. The van der Waals surface area contributed by atoms with Crippen LogP contribution in [0.4, 0.5) is 17.6 Å². The standard InChI is InChI=1S/C19H16F4N4O/c20-15-8-12(19(21,22)23)9-25-16(15)18(28)27-6-3-11(4-7-27)14-10-26-17-13(14)2-1-5-24-17/h1-2,5,8-11H,3-4,6-7H2,(H,24,26). The Morgan fingerprint density at radius 3 is 2.64 bits per heavy atom. The van der Waals surface area contributed by atoms with Crippen LogP contribution in [0.2, 0.25) is 0 Å². The summed E-state index contributed by atoms with van der Waals surface area (Å²) in [5.41, 5.74) is 0.122. The normalized spacial score (nSPS) is 15.9. The van der Waals surface area contributed by atoms with Gasteiger partial charge < -0.3 is 9.88 Å². The predicted molar refractivity (Wildman–Crippen MR) is 93.2 cm³/mol. The van der Waals surface area contributed by atoms with Gasteiger partial charge in [-0.3, -0.25) is 4.79 Å². The molecule has 146 valence electrons. The maximum atomic E-state index is 14.0. The Hall–Kier alpha value is -2.97. The van der Waals surface area contributed by atoms with E-state index in [1.807, 2.05) is 18.3 Å². The van der Waals surface area contributed by atoms with Gasteiger partial charge in [-0.1, -0.05) is 0 Å². The van der Waals surface area contributed by atoms with Crippen LogP contribution >= 0.6 is 0 Å². The highest BCUT2D eigenvalue weighted by atomic mass is 19.4. The summed E-state index contributed by atoms with van der Waals surface area (Å²) >= 11 is 0. The van der Waals surface area contributed by atoms with Gasteiger partial charge in [-0.25, -0.2) is 14.4 Å². The predicted octanol–water partition coefficient (Wildman–Crippen LogP) is 4.14. The minimum Gasteiger partial charge on any atom is -0.346 e. The second kappa shape index (κ2) is 6.88. The van der Waals surface area contributed by atoms with Gasteiger partial charge in [0.25, 0.3) is 5.91 Å². The Bertz CT molecular complexity index is 1020. The SMILES string of the molecule is O=C(c1ncc(C(F)(F)F)cc1F)N1CCC(c2c[nH]c3ncccc23)CC1. The molecule has 4 heterocycles. The van der Waals surface area contributed by atoms with Crippen LogP contribution in [0.25, 0.3) is 11.0 Å². The number of nitrogens with one attached hydrogen (secondary N) is 1. The number of pyridine rings is 2. The fourth-order valence-corrected chi connectivity index (χ4v) is 3.61. The van der Waals surface area contributed by atoms with E-state index in [9.17, 15) is 22.4 Å². The molecule has 9 heteroatoms. The van der Waals surface area contributed by atoms with E-state index in [-0.39, 0.29) is 5.92 Å². The van der Waals surface area contributed by atoms with Gasteiger partial charge in [0, 0.05) is 37.1 Å². The topological polar surface area (TPSA) is 61.9 Å². The summed E-state index contributed by atoms with van der Waals surface area (Å²) in [6, 6.07) is 4.15. The zero-order valence-electron chi connectivity index (χ0n) is 14.6. The molecule has 3 aromatic heterocycles. The lowest BCUT2D eigenvalue weighted by molar-refractivity contribution is -0.138. The minimum atomic E-state index is -4.71. The van der Waals surface area contributed by atoms with E-state index in [0.717, 1.165) is 16.6 Å². The molecule has 0 unspecified atom stereocenters. The van der Waals surface area contributed by atoms with Crippen LogP contribution in [0.15, 0.2) is 36.8 Å². The number of aromatic nitrogens is 3. The first-order chi connectivity index (χ1) is 13.3. The lowest BCUT2D eigenvalue weighted by Gasteiger charge is -2.31. The number of aromatic amines is 1. The largest absolute Gasteiger partial charge is 0.417 e. The van der Waals surface area contributed by atoms with Gasteiger partial charge in [0.2, 0.25) is 0 Å². The first kappa shape index (κ1) is 18.4. The summed E-state index contributed by atoms with van der Waals surface area (Å²) in [6.45, 7) is 0.747. The van der Waals surface area contributed by atoms with Crippen molar-refractivity contribution in [3.63, 3.8) is 0 Å². The Kier molecular flexibility index (Phi) is 4.52. The number of hydrogen-bond donors (Lipinski definition) is 1. The summed E-state index contributed by atoms with van der Waals surface area (Å²) in [5, 5.41) is 1.03. The molecule has 1 aliphatic heterocycles. The number of hydrogen-bond acceptors (Lipinski definition) is 3. The summed E-state index contributed by atoms with van der Waals surface area (Å²) in [4.78, 5) is 24.8. The first-order valence-electron chi connectivity index (χ1n) is 8.78. The number of likely N-dealkylation sites (tertiary alicyclic amines) is 1. The summed E-state index contributed by atoms with van der Waals surface area (Å²) in [5.74, 6) is -1.73. The molecular weight excluding hydrogens is 376 g/mol. The number of rotatable bonds is 2. The number of halogens is 4. The van der Waals surface area contributed by atoms with Crippen molar-refractivity contribution in [2.24, 2.45) is 0 Å². The molecular formula is C19H16F4N4O. The zero-order chi connectivity index (χ0) is 19.9. The third kappa shape index (κ3) is 3.32. The van der Waals surface area contributed by atoms with Crippen LogP contribution in [0.1, 0.15) is 40.4 Å². The van der Waals surface area contributed by atoms with E-state index < -0.39 is 29.2 Å². The highest BCUT2D eigenvalue weighted by Crippen LogP contribution is 2.33. The molecule has 0 spiro atoms. The van der Waals surface area contributed by atoms with E-state index >= 15 is 0 Å². The van der Waals surface area contributed by atoms with Gasteiger partial charge in [-0.2, -0.15) is 13.2 Å². The molecule has 5 nitrogen and oxygen atoms in total. The Morgan fingerprint density at radius 2 is 1.96 bits per heavy atom. The van der Waals surface area contributed by atoms with Crippen molar-refractivity contribution in [3.8, 4) is 0 Å². The van der Waals surface area contributed by atoms with Crippen LogP contribution in [0.3, 0.4) is 0 Å². The quantitative estimate of drug-likeness (QED) is 0.667. The molecule has 28 heavy (non-hydrogen) atoms. The maximum absolute atomic E-state index is 14.0. The number of carbonyl (C=O) groups is 1. The third-order valence-corrected chi connectivity index (χ3v) is 5.08. The maximum Gasteiger partial charge on any atom is 0.417 e. The number of amides is 1. The van der Waals surface area contributed by atoms with Crippen LogP contribution in [0.5, 0.6) is 0 Å². The van der Waals surface area contributed by atoms with Crippen molar-refractivity contribution in [1.29, 1.82) is 0 Å². The van der Waals surface area contributed by atoms with Crippen molar-refractivity contribution in [2.75, 3.05) is 13.1 Å². The van der Waals surface area contributed by atoms with Gasteiger partial charge in [0.05, 0.1) is 5.56 Å². The molecule has 1 amide bonds. The van der Waals surface area contributed by atoms with Gasteiger partial charge in [-0.15, -0.1) is 0 Å². The molecule has 1 fully saturated rings. The lowest BCUT2D eigenvalue weighted by atomic mass is 9.89. The molecule has 0 aromatic carbocycles. The number of fused-ring (bicyclic) bond motifs is 1. The molecule has 0 saturated carbocycles. The lowest BCUT2D eigenvalue weighted by Crippen LogP contribution is -2.38. The summed E-state index contributed by atoms with van der Waals surface area (Å²) < 4.78 is 51.9. The molecule has 0 bridgehead atoms. The smallest absolute Gasteiger partial charge is 0.346 e. The highest BCUT2D eigenvalue weighted by Gasteiger charge is 2.34. The van der Waals surface area contributed by atoms with E-state index in [1.54, 1.807) is 6.20 Å². The number of piperidine rings is 1. The second-order valence-corrected chi connectivity index (χ2v) is 6.76. The van der Waals surface area contributed by atoms with Gasteiger partial charge >= 0.3 is 6.18 Å². The average molecular weight is 392 g/mol. The minimum absolute atomic E-state index is 0.215. The molecule has 0 radical (unpaired) electrons. The van der Waals surface area contributed by atoms with E-state index in [1.165, 1.54) is 4.90 Å². The van der Waals surface area contributed by atoms with Crippen LogP contribution in [0, 0.1) is 5.82 Å². The fraction of sp³-hybridized carbons (Fsp3) is 0.316. The van der Waals surface area contributed by atoms with Gasteiger partial charge in [0.15, 0.2) is 11.5 Å². The zero-order valence-corrected chi connectivity index (χ0v) is 14.6. The van der Waals surface area contributed by atoms with Gasteiger partial charge in [0.1, 0.15) is 5.65 Å². The van der Waals surface area contributed by atoms with Crippen molar-refractivity contribution in [3.05, 3.63) is 59.4 Å². The van der Waals surface area contributed by atoms with Crippen LogP contribution in [-0.4, -0.2) is 38.8 Å². The van der Waals surface area contributed by atoms with Gasteiger partial charge in [-0.05, 0) is 42.5 Å². The monoisotopic (exact) mass is 392 g/mol. The average Bonchev–Trinajstić information content (AvgIpc) is 3.11. The molecule has 1 saturated heterocycles. The summed E-state index contributed by atoms with van der Waals surface area (Å²) in [7, 11) is 0. The molecule has 0 aliphatic carbocycles. The molecule has 1 N–H and O–H groups in total. The van der Waals surface area contributed by atoms with E-state index in [4.69, 9.17) is 0 Å². The van der Waals surface area contributed by atoms with Crippen molar-refractivity contribution < 1.29 is 22.4 Å². The number of alkyl halides is 3. The Morgan fingerprint density at radius 1 is 1.21 bits per heavy atom. The third-order valence-electron chi connectivity index (χ3n) is 5.08. The molecule has 3 aromatic rings. The Balaban J connectivity index is 1.47. The van der Waals surface area contributed by atoms with Crippen LogP contribution < -0.4 is 0 Å². The van der Waals surface area contributed by atoms with Crippen LogP contribution in [-0.2, 0) is 6.18 Å². The fourth-order valence-electron chi connectivity index (χ4n) is 3.61.